The number of nitrogens with zero attached hydrogens (tertiary/aromatic N) is 2. The molecule has 32 heavy (non-hydrogen) atoms. The maximum atomic E-state index is 14.7. The summed E-state index contributed by atoms with van der Waals surface area (Å²) in [6.45, 7) is 0.656. The number of thiazole rings is 1. The van der Waals surface area contributed by atoms with Crippen molar-refractivity contribution >= 4 is 17.2 Å². The van der Waals surface area contributed by atoms with Crippen molar-refractivity contribution in [3.8, 4) is 16.3 Å². The van der Waals surface area contributed by atoms with Crippen molar-refractivity contribution in [3.63, 3.8) is 0 Å². The van der Waals surface area contributed by atoms with Gasteiger partial charge in [-0.2, -0.15) is 0 Å². The Labute approximate surface area is 188 Å². The molecule has 0 N–H and O–H groups in total. The number of amides is 1. The van der Waals surface area contributed by atoms with Crippen molar-refractivity contribution in [2.45, 2.75) is 13.2 Å². The summed E-state index contributed by atoms with van der Waals surface area (Å²) in [6, 6.07) is 20.1. The fraction of sp³-hybridized carbons (Fsp3) is 0.120. The van der Waals surface area contributed by atoms with Gasteiger partial charge in [-0.15, -0.1) is 11.3 Å². The minimum atomic E-state index is -0.493. The summed E-state index contributed by atoms with van der Waals surface area (Å²) < 4.78 is 33.3. The third-order valence-electron chi connectivity index (χ3n) is 4.82. The van der Waals surface area contributed by atoms with Crippen LogP contribution in [0.3, 0.4) is 0 Å². The summed E-state index contributed by atoms with van der Waals surface area (Å²) in [6.07, 6.45) is 0. The zero-order valence-electron chi connectivity index (χ0n) is 17.3. The normalized spacial score (nSPS) is 10.7. The van der Waals surface area contributed by atoms with E-state index in [1.54, 1.807) is 41.6 Å². The lowest BCUT2D eigenvalue weighted by Gasteiger charge is -2.15. The lowest BCUT2D eigenvalue weighted by Crippen LogP contribution is -2.26. The molecule has 0 unspecified atom stereocenters. The third kappa shape index (κ3) is 5.18. The molecule has 7 heteroatoms. The molecule has 0 radical (unpaired) electrons. The Hall–Kier alpha value is -3.58. The average Bonchev–Trinajstić information content (AvgIpc) is 3.29. The average molecular weight is 451 g/mol. The van der Waals surface area contributed by atoms with Gasteiger partial charge in [0.15, 0.2) is 0 Å². The van der Waals surface area contributed by atoms with Crippen LogP contribution in [-0.2, 0) is 13.2 Å². The minimum Gasteiger partial charge on any atom is -0.489 e. The summed E-state index contributed by atoms with van der Waals surface area (Å²) in [7, 11) is 1.71. The summed E-state index contributed by atoms with van der Waals surface area (Å²) in [4.78, 5) is 18.6. The highest BCUT2D eigenvalue weighted by molar-refractivity contribution is 7.13. The standard InChI is InChI=1S/C25H20F2N2O2S/c1-29(14-17-5-3-2-4-6-17)25(30)23-16-32-24(28-23)21-12-11-20(13-22(21)27)31-15-18-7-9-19(26)10-8-18/h2-13,16H,14-15H2,1H3. The van der Waals surface area contributed by atoms with Gasteiger partial charge in [-0.1, -0.05) is 42.5 Å². The van der Waals surface area contributed by atoms with E-state index in [2.05, 4.69) is 4.98 Å². The van der Waals surface area contributed by atoms with Crippen molar-refractivity contribution < 1.29 is 18.3 Å². The summed E-state index contributed by atoms with van der Waals surface area (Å²) in [5.41, 5.74) is 2.37. The lowest BCUT2D eigenvalue weighted by molar-refractivity contribution is 0.0780. The van der Waals surface area contributed by atoms with Gasteiger partial charge in [0, 0.05) is 30.6 Å². The van der Waals surface area contributed by atoms with Gasteiger partial charge >= 0.3 is 0 Å². The Balaban J connectivity index is 1.42. The monoisotopic (exact) mass is 450 g/mol. The smallest absolute Gasteiger partial charge is 0.273 e. The molecule has 1 amide bonds. The molecule has 1 heterocycles. The Bertz CT molecular complexity index is 1210. The van der Waals surface area contributed by atoms with E-state index in [1.807, 2.05) is 30.3 Å². The van der Waals surface area contributed by atoms with Gasteiger partial charge in [-0.05, 0) is 35.4 Å². The molecule has 0 aliphatic rings. The number of carbonyl (C=O) groups excluding carboxylic acids is 1. The van der Waals surface area contributed by atoms with E-state index in [0.717, 1.165) is 11.1 Å². The van der Waals surface area contributed by atoms with E-state index in [0.29, 0.717) is 22.9 Å². The van der Waals surface area contributed by atoms with Gasteiger partial charge in [0.25, 0.3) is 5.91 Å². The van der Waals surface area contributed by atoms with Gasteiger partial charge in [0.1, 0.15) is 34.7 Å². The number of ether oxygens (including phenoxy) is 1. The van der Waals surface area contributed by atoms with E-state index in [-0.39, 0.29) is 24.0 Å². The fourth-order valence-corrected chi connectivity index (χ4v) is 3.95. The molecule has 0 atom stereocenters. The first-order valence-corrected chi connectivity index (χ1v) is 10.8. The van der Waals surface area contributed by atoms with Crippen molar-refractivity contribution in [2.24, 2.45) is 0 Å². The highest BCUT2D eigenvalue weighted by Crippen LogP contribution is 2.29. The molecule has 0 bridgehead atoms. The number of hydrogen-bond acceptors (Lipinski definition) is 4. The molecule has 0 saturated heterocycles. The molecular weight excluding hydrogens is 430 g/mol. The first-order valence-electron chi connectivity index (χ1n) is 9.91. The molecule has 0 fully saturated rings. The van der Waals surface area contributed by atoms with Crippen LogP contribution in [0.15, 0.2) is 78.2 Å². The molecule has 0 spiro atoms. The number of rotatable bonds is 7. The topological polar surface area (TPSA) is 42.4 Å². The predicted molar refractivity (Wildman–Crippen MR) is 120 cm³/mol. The van der Waals surface area contributed by atoms with Gasteiger partial charge in [0.05, 0.1) is 0 Å². The largest absolute Gasteiger partial charge is 0.489 e. The second-order valence-electron chi connectivity index (χ2n) is 7.24. The quantitative estimate of drug-likeness (QED) is 0.350. The second-order valence-corrected chi connectivity index (χ2v) is 8.10. The number of benzene rings is 3. The predicted octanol–water partition coefficient (Wildman–Crippen LogP) is 5.94. The van der Waals surface area contributed by atoms with Gasteiger partial charge < -0.3 is 9.64 Å². The molecule has 4 nitrogen and oxygen atoms in total. The van der Waals surface area contributed by atoms with Crippen molar-refractivity contribution in [1.82, 2.24) is 9.88 Å². The number of halogens is 2. The van der Waals surface area contributed by atoms with Crippen molar-refractivity contribution in [1.29, 1.82) is 0 Å². The van der Waals surface area contributed by atoms with E-state index >= 15 is 0 Å². The van der Waals surface area contributed by atoms with Gasteiger partial charge in [-0.25, -0.2) is 13.8 Å². The molecule has 162 valence electrons. The van der Waals surface area contributed by atoms with E-state index < -0.39 is 5.82 Å². The minimum absolute atomic E-state index is 0.197. The summed E-state index contributed by atoms with van der Waals surface area (Å²) in [5.74, 6) is -0.689. The zero-order valence-corrected chi connectivity index (χ0v) is 18.1. The molecule has 0 aliphatic carbocycles. The van der Waals surface area contributed by atoms with Crippen LogP contribution < -0.4 is 4.74 Å². The number of carbonyl (C=O) groups is 1. The van der Waals surface area contributed by atoms with Crippen molar-refractivity contribution in [2.75, 3.05) is 7.05 Å². The van der Waals surface area contributed by atoms with Crippen LogP contribution in [0.4, 0.5) is 8.78 Å². The Morgan fingerprint density at radius 1 is 1.00 bits per heavy atom. The molecule has 3 aromatic carbocycles. The number of hydrogen-bond donors (Lipinski definition) is 0. The van der Waals surface area contributed by atoms with Crippen molar-refractivity contribution in [3.05, 3.63) is 107 Å². The Morgan fingerprint density at radius 2 is 1.75 bits per heavy atom. The van der Waals surface area contributed by atoms with Crippen LogP contribution >= 0.6 is 11.3 Å². The molecule has 1 aromatic heterocycles. The lowest BCUT2D eigenvalue weighted by atomic mass is 10.2. The maximum Gasteiger partial charge on any atom is 0.273 e. The fourth-order valence-electron chi connectivity index (χ4n) is 3.13. The van der Waals surface area contributed by atoms with Crippen LogP contribution in [0.2, 0.25) is 0 Å². The summed E-state index contributed by atoms with van der Waals surface area (Å²) >= 11 is 1.21. The van der Waals surface area contributed by atoms with Crippen LogP contribution in [0.5, 0.6) is 5.75 Å². The van der Waals surface area contributed by atoms with E-state index in [1.165, 1.54) is 29.5 Å². The van der Waals surface area contributed by atoms with Crippen LogP contribution in [0.1, 0.15) is 21.6 Å². The molecule has 4 aromatic rings. The van der Waals surface area contributed by atoms with Gasteiger partial charge in [0.2, 0.25) is 0 Å². The molecule has 0 saturated carbocycles. The third-order valence-corrected chi connectivity index (χ3v) is 5.70. The molecular formula is C25H20F2N2O2S. The Kier molecular flexibility index (Phi) is 6.56. The number of aromatic nitrogens is 1. The van der Waals surface area contributed by atoms with E-state index in [9.17, 15) is 13.6 Å². The van der Waals surface area contributed by atoms with E-state index in [4.69, 9.17) is 4.74 Å². The Morgan fingerprint density at radius 3 is 2.47 bits per heavy atom. The highest BCUT2D eigenvalue weighted by atomic mass is 32.1. The van der Waals surface area contributed by atoms with Gasteiger partial charge in [-0.3, -0.25) is 4.79 Å². The first kappa shape index (κ1) is 21.6. The maximum absolute atomic E-state index is 14.7. The molecule has 0 aliphatic heterocycles. The molecule has 4 rings (SSSR count). The SMILES string of the molecule is CN(Cc1ccccc1)C(=O)c1csc(-c2ccc(OCc3ccc(F)cc3)cc2F)n1. The van der Waals surface area contributed by atoms with Crippen LogP contribution in [0.25, 0.3) is 10.6 Å². The highest BCUT2D eigenvalue weighted by Gasteiger charge is 2.18. The summed E-state index contributed by atoms with van der Waals surface area (Å²) in [5, 5.41) is 2.06. The van der Waals surface area contributed by atoms with Crippen LogP contribution in [0, 0.1) is 11.6 Å². The first-order chi connectivity index (χ1) is 15.5. The zero-order chi connectivity index (χ0) is 22.5. The van der Waals surface area contributed by atoms with Crippen LogP contribution in [-0.4, -0.2) is 22.8 Å². The second kappa shape index (κ2) is 9.70.